The number of halogens is 2. The predicted molar refractivity (Wildman–Crippen MR) is 69.9 cm³/mol. The van der Waals surface area contributed by atoms with Crippen LogP contribution < -0.4 is 5.32 Å². The Morgan fingerprint density at radius 1 is 1.26 bits per heavy atom. The molecule has 102 valence electrons. The van der Waals surface area contributed by atoms with Crippen LogP contribution in [0.4, 0.5) is 8.78 Å². The lowest BCUT2D eigenvalue weighted by molar-refractivity contribution is 0.493. The molecule has 0 aliphatic carbocycles. The summed E-state index contributed by atoms with van der Waals surface area (Å²) in [5, 5.41) is 3.30. The van der Waals surface area contributed by atoms with Crippen molar-refractivity contribution in [2.75, 3.05) is 6.54 Å². The van der Waals surface area contributed by atoms with Crippen molar-refractivity contribution < 1.29 is 13.2 Å². The summed E-state index contributed by atoms with van der Waals surface area (Å²) in [6, 6.07) is 5.53. The van der Waals surface area contributed by atoms with Crippen LogP contribution in [0.1, 0.15) is 29.9 Å². The normalized spacial score (nSPS) is 12.6. The number of hydrogen-bond donors (Lipinski definition) is 1. The Balaban J connectivity index is 2.24. The van der Waals surface area contributed by atoms with Gasteiger partial charge in [0.15, 0.2) is 0 Å². The number of benzene rings is 1. The fraction of sp³-hybridized carbons (Fsp3) is 0.333. The van der Waals surface area contributed by atoms with Gasteiger partial charge in [-0.2, -0.15) is 0 Å². The van der Waals surface area contributed by atoms with Crippen LogP contribution in [-0.4, -0.2) is 6.54 Å². The summed E-state index contributed by atoms with van der Waals surface area (Å²) >= 11 is 0. The van der Waals surface area contributed by atoms with Gasteiger partial charge in [-0.1, -0.05) is 13.0 Å². The van der Waals surface area contributed by atoms with Crippen molar-refractivity contribution in [3.8, 4) is 0 Å². The van der Waals surface area contributed by atoms with E-state index in [4.69, 9.17) is 4.42 Å². The van der Waals surface area contributed by atoms with Crippen molar-refractivity contribution in [3.63, 3.8) is 0 Å². The molecular formula is C15H17F2NO. The van der Waals surface area contributed by atoms with E-state index in [2.05, 4.69) is 5.32 Å². The van der Waals surface area contributed by atoms with Crippen molar-refractivity contribution >= 4 is 0 Å². The van der Waals surface area contributed by atoms with Gasteiger partial charge in [-0.15, -0.1) is 0 Å². The molecule has 0 saturated heterocycles. The quantitative estimate of drug-likeness (QED) is 0.890. The fourth-order valence-corrected chi connectivity index (χ4v) is 2.20. The molecule has 1 atom stereocenters. The third-order valence-corrected chi connectivity index (χ3v) is 3.16. The summed E-state index contributed by atoms with van der Waals surface area (Å²) in [6.45, 7) is 4.63. The fourth-order valence-electron chi connectivity index (χ4n) is 2.20. The second-order valence-electron chi connectivity index (χ2n) is 4.48. The average Bonchev–Trinajstić information content (AvgIpc) is 2.78. The Kier molecular flexibility index (Phi) is 4.32. The molecule has 1 aromatic carbocycles. The highest BCUT2D eigenvalue weighted by atomic mass is 19.1. The van der Waals surface area contributed by atoms with Gasteiger partial charge in [-0.3, -0.25) is 0 Å². The predicted octanol–water partition coefficient (Wildman–Crippen LogP) is 3.76. The third-order valence-electron chi connectivity index (χ3n) is 3.16. The lowest BCUT2D eigenvalue weighted by Crippen LogP contribution is -2.23. The van der Waals surface area contributed by atoms with Crippen molar-refractivity contribution in [2.45, 2.75) is 26.3 Å². The summed E-state index contributed by atoms with van der Waals surface area (Å²) in [6.07, 6.45) is 2.08. The molecule has 0 aliphatic heterocycles. The van der Waals surface area contributed by atoms with Crippen LogP contribution in [0.3, 0.4) is 0 Å². The van der Waals surface area contributed by atoms with E-state index in [-0.39, 0.29) is 6.04 Å². The molecule has 2 aromatic rings. The smallest absolute Gasteiger partial charge is 0.129 e. The molecule has 19 heavy (non-hydrogen) atoms. The summed E-state index contributed by atoms with van der Waals surface area (Å²) in [5.74, 6) is -0.252. The number of aryl methyl sites for hydroxylation is 1. The first-order chi connectivity index (χ1) is 9.11. The lowest BCUT2D eigenvalue weighted by Gasteiger charge is -2.18. The zero-order chi connectivity index (χ0) is 13.8. The number of nitrogens with one attached hydrogen (secondary N) is 1. The molecule has 0 aliphatic rings. The summed E-state index contributed by atoms with van der Waals surface area (Å²) in [5.41, 5.74) is 1.50. The largest absolute Gasteiger partial charge is 0.469 e. The minimum atomic E-state index is -0.555. The lowest BCUT2D eigenvalue weighted by atomic mass is 9.99. The summed E-state index contributed by atoms with van der Waals surface area (Å²) in [4.78, 5) is 0. The van der Waals surface area contributed by atoms with E-state index in [0.717, 1.165) is 23.9 Å². The van der Waals surface area contributed by atoms with Gasteiger partial charge in [0.25, 0.3) is 0 Å². The molecule has 4 heteroatoms. The highest BCUT2D eigenvalue weighted by Crippen LogP contribution is 2.24. The van der Waals surface area contributed by atoms with Crippen LogP contribution >= 0.6 is 0 Å². The average molecular weight is 265 g/mol. The molecule has 1 heterocycles. The minimum Gasteiger partial charge on any atom is -0.469 e. The summed E-state index contributed by atoms with van der Waals surface area (Å²) in [7, 11) is 0. The molecule has 0 radical (unpaired) electrons. The Hall–Kier alpha value is -1.68. The molecule has 1 unspecified atom stereocenters. The van der Waals surface area contributed by atoms with Crippen LogP contribution in [0, 0.1) is 18.6 Å². The molecule has 0 bridgehead atoms. The van der Waals surface area contributed by atoms with Gasteiger partial charge in [0.05, 0.1) is 6.26 Å². The van der Waals surface area contributed by atoms with Gasteiger partial charge in [0.2, 0.25) is 0 Å². The summed E-state index contributed by atoms with van der Waals surface area (Å²) < 4.78 is 31.9. The molecule has 2 nitrogen and oxygen atoms in total. The molecule has 0 saturated carbocycles. The van der Waals surface area contributed by atoms with Gasteiger partial charge in [-0.25, -0.2) is 8.78 Å². The van der Waals surface area contributed by atoms with Crippen molar-refractivity contribution in [1.29, 1.82) is 0 Å². The maximum Gasteiger partial charge on any atom is 0.129 e. The van der Waals surface area contributed by atoms with E-state index >= 15 is 0 Å². The molecule has 2 rings (SSSR count). The first kappa shape index (κ1) is 13.7. The van der Waals surface area contributed by atoms with Crippen LogP contribution in [0.15, 0.2) is 34.9 Å². The van der Waals surface area contributed by atoms with Crippen LogP contribution in [-0.2, 0) is 6.42 Å². The van der Waals surface area contributed by atoms with Crippen molar-refractivity contribution in [3.05, 3.63) is 59.1 Å². The van der Waals surface area contributed by atoms with Gasteiger partial charge >= 0.3 is 0 Å². The maximum atomic E-state index is 13.7. The van der Waals surface area contributed by atoms with Gasteiger partial charge < -0.3 is 9.73 Å². The highest BCUT2D eigenvalue weighted by Gasteiger charge is 2.17. The van der Waals surface area contributed by atoms with Crippen molar-refractivity contribution in [2.24, 2.45) is 0 Å². The zero-order valence-electron chi connectivity index (χ0n) is 11.0. The first-order valence-corrected chi connectivity index (χ1v) is 6.33. The van der Waals surface area contributed by atoms with Gasteiger partial charge in [0, 0.05) is 17.7 Å². The van der Waals surface area contributed by atoms with Gasteiger partial charge in [0.1, 0.15) is 17.4 Å². The standard InChI is InChI=1S/C15H17F2NO/c1-3-18-15(13-6-7-19-10(13)2)8-11-4-5-12(16)9-14(11)17/h4-7,9,15,18H,3,8H2,1-2H3. The van der Waals surface area contributed by atoms with Crippen LogP contribution in [0.25, 0.3) is 0 Å². The number of likely N-dealkylation sites (N-methyl/N-ethyl adjacent to an activating group) is 1. The minimum absolute atomic E-state index is 0.0382. The SMILES string of the molecule is CCNC(Cc1ccc(F)cc1F)c1ccoc1C. The molecular weight excluding hydrogens is 248 g/mol. The Morgan fingerprint density at radius 2 is 2.05 bits per heavy atom. The topological polar surface area (TPSA) is 25.2 Å². The molecule has 1 aromatic heterocycles. The first-order valence-electron chi connectivity index (χ1n) is 6.33. The molecule has 1 N–H and O–H groups in total. The second kappa shape index (κ2) is 5.97. The number of furan rings is 1. The van der Waals surface area contributed by atoms with Crippen molar-refractivity contribution in [1.82, 2.24) is 5.32 Å². The van der Waals surface area contributed by atoms with E-state index in [9.17, 15) is 8.78 Å². The highest BCUT2D eigenvalue weighted by molar-refractivity contribution is 5.26. The van der Waals surface area contributed by atoms with Crippen LogP contribution in [0.2, 0.25) is 0 Å². The van der Waals surface area contributed by atoms with Gasteiger partial charge in [-0.05, 0) is 37.6 Å². The van der Waals surface area contributed by atoms with Crippen LogP contribution in [0.5, 0.6) is 0 Å². The number of rotatable bonds is 5. The number of hydrogen-bond acceptors (Lipinski definition) is 2. The maximum absolute atomic E-state index is 13.7. The zero-order valence-corrected chi connectivity index (χ0v) is 11.0. The molecule has 0 spiro atoms. The van der Waals surface area contributed by atoms with E-state index in [1.54, 1.807) is 6.26 Å². The van der Waals surface area contributed by atoms with E-state index in [1.165, 1.54) is 12.1 Å². The Labute approximate surface area is 111 Å². The Bertz CT molecular complexity index is 551. The second-order valence-corrected chi connectivity index (χ2v) is 4.48. The Morgan fingerprint density at radius 3 is 2.63 bits per heavy atom. The molecule has 0 amide bonds. The molecule has 0 fully saturated rings. The van der Waals surface area contributed by atoms with E-state index in [0.29, 0.717) is 12.0 Å². The van der Waals surface area contributed by atoms with E-state index < -0.39 is 11.6 Å². The van der Waals surface area contributed by atoms with E-state index in [1.807, 2.05) is 19.9 Å². The monoisotopic (exact) mass is 265 g/mol. The third kappa shape index (κ3) is 3.20.